The lowest BCUT2D eigenvalue weighted by molar-refractivity contribution is 0.403. The largest absolute Gasteiger partial charge is 0.496 e. The first kappa shape index (κ1) is 16.7. The molecule has 19 heavy (non-hydrogen) atoms. The van der Waals surface area contributed by atoms with Crippen LogP contribution in [0, 0.1) is 5.92 Å². The van der Waals surface area contributed by atoms with Gasteiger partial charge >= 0.3 is 0 Å². The molecule has 1 aromatic rings. The highest BCUT2D eigenvalue weighted by atomic mass is 35.5. The van der Waals surface area contributed by atoms with Crippen LogP contribution < -0.4 is 10.1 Å². The number of ether oxygens (including phenoxy) is 1. The predicted molar refractivity (Wildman–Crippen MR) is 86.6 cm³/mol. The van der Waals surface area contributed by atoms with Crippen LogP contribution in [0.2, 0.25) is 5.02 Å². The molecule has 2 nitrogen and oxygen atoms in total. The van der Waals surface area contributed by atoms with Crippen LogP contribution in [0.5, 0.6) is 5.75 Å². The summed E-state index contributed by atoms with van der Waals surface area (Å²) in [5.74, 6) is 3.82. The Bertz CT molecular complexity index is 384. The lowest BCUT2D eigenvalue weighted by Crippen LogP contribution is -2.24. The van der Waals surface area contributed by atoms with Crippen LogP contribution in [-0.4, -0.2) is 25.2 Å². The second kappa shape index (κ2) is 8.72. The average Bonchev–Trinajstić information content (AvgIpc) is 2.37. The summed E-state index contributed by atoms with van der Waals surface area (Å²) < 4.78 is 5.45. The number of nitrogens with one attached hydrogen (secondary N) is 1. The zero-order valence-electron chi connectivity index (χ0n) is 12.2. The zero-order valence-corrected chi connectivity index (χ0v) is 13.8. The molecule has 1 N–H and O–H groups in total. The second-order valence-corrected chi connectivity index (χ2v) is 6.44. The maximum absolute atomic E-state index is 6.11. The van der Waals surface area contributed by atoms with Crippen LogP contribution >= 0.6 is 23.4 Å². The molecular formula is C15H24ClNOS. The van der Waals surface area contributed by atoms with Crippen LogP contribution in [0.15, 0.2) is 18.2 Å². The molecule has 0 bridgehead atoms. The standard InChI is InChI=1S/C15H24ClNOS/c1-5-17-14(10-19-9-11(2)3)13-8-12(16)6-7-15(13)18-4/h6-8,11,14,17H,5,9-10H2,1-4H3. The van der Waals surface area contributed by atoms with Gasteiger partial charge in [-0.25, -0.2) is 0 Å². The van der Waals surface area contributed by atoms with Gasteiger partial charge in [0, 0.05) is 22.4 Å². The highest BCUT2D eigenvalue weighted by Crippen LogP contribution is 2.30. The Morgan fingerprint density at radius 3 is 2.63 bits per heavy atom. The van der Waals surface area contributed by atoms with Crippen molar-refractivity contribution in [2.75, 3.05) is 25.2 Å². The zero-order chi connectivity index (χ0) is 14.3. The SMILES string of the molecule is CCNC(CSCC(C)C)c1cc(Cl)ccc1OC. The lowest BCUT2D eigenvalue weighted by Gasteiger charge is -2.21. The smallest absolute Gasteiger partial charge is 0.123 e. The summed E-state index contributed by atoms with van der Waals surface area (Å²) in [7, 11) is 1.71. The van der Waals surface area contributed by atoms with Gasteiger partial charge in [0.05, 0.1) is 7.11 Å². The molecule has 1 rings (SSSR count). The van der Waals surface area contributed by atoms with Crippen molar-refractivity contribution in [1.82, 2.24) is 5.32 Å². The third-order valence-electron chi connectivity index (χ3n) is 2.75. The highest BCUT2D eigenvalue weighted by molar-refractivity contribution is 7.99. The molecule has 0 aromatic heterocycles. The molecule has 108 valence electrons. The number of rotatable bonds is 8. The quantitative estimate of drug-likeness (QED) is 0.769. The maximum atomic E-state index is 6.11. The molecule has 0 fully saturated rings. The van der Waals surface area contributed by atoms with E-state index in [9.17, 15) is 0 Å². The Labute approximate surface area is 126 Å². The van der Waals surface area contributed by atoms with E-state index in [1.807, 2.05) is 30.0 Å². The maximum Gasteiger partial charge on any atom is 0.123 e. The summed E-state index contributed by atoms with van der Waals surface area (Å²) in [4.78, 5) is 0. The van der Waals surface area contributed by atoms with Gasteiger partial charge in [-0.05, 0) is 36.4 Å². The van der Waals surface area contributed by atoms with Crippen LogP contribution in [-0.2, 0) is 0 Å². The average molecular weight is 302 g/mol. The number of halogens is 1. The summed E-state index contributed by atoms with van der Waals surface area (Å²) >= 11 is 8.08. The Morgan fingerprint density at radius 2 is 2.05 bits per heavy atom. The van der Waals surface area contributed by atoms with Crippen LogP contribution in [0.3, 0.4) is 0 Å². The van der Waals surface area contributed by atoms with Gasteiger partial charge in [-0.3, -0.25) is 0 Å². The van der Waals surface area contributed by atoms with Gasteiger partial charge in [0.15, 0.2) is 0 Å². The first-order chi connectivity index (χ1) is 9.08. The van der Waals surface area contributed by atoms with Crippen LogP contribution in [0.25, 0.3) is 0 Å². The summed E-state index contributed by atoms with van der Waals surface area (Å²) in [5, 5.41) is 4.27. The van der Waals surface area contributed by atoms with Gasteiger partial charge in [0.1, 0.15) is 5.75 Å². The number of hydrogen-bond acceptors (Lipinski definition) is 3. The van der Waals surface area contributed by atoms with Gasteiger partial charge in [0.2, 0.25) is 0 Å². The van der Waals surface area contributed by atoms with E-state index in [-0.39, 0.29) is 6.04 Å². The van der Waals surface area contributed by atoms with Gasteiger partial charge in [-0.1, -0.05) is 32.4 Å². The molecule has 0 saturated carbocycles. The minimum atomic E-state index is 0.280. The van der Waals surface area contributed by atoms with Crippen LogP contribution in [0.4, 0.5) is 0 Å². The molecule has 1 unspecified atom stereocenters. The molecule has 1 atom stereocenters. The van der Waals surface area contributed by atoms with E-state index in [1.54, 1.807) is 7.11 Å². The van der Waals surface area contributed by atoms with Crippen molar-refractivity contribution in [2.24, 2.45) is 5.92 Å². The van der Waals surface area contributed by atoms with Crippen molar-refractivity contribution < 1.29 is 4.74 Å². The number of methoxy groups -OCH3 is 1. The summed E-state index contributed by atoms with van der Waals surface area (Å²) in [6.45, 7) is 7.55. The van der Waals surface area contributed by atoms with E-state index < -0.39 is 0 Å². The van der Waals surface area contributed by atoms with E-state index >= 15 is 0 Å². The minimum absolute atomic E-state index is 0.280. The van der Waals surface area contributed by atoms with E-state index in [1.165, 1.54) is 5.75 Å². The van der Waals surface area contributed by atoms with Crippen molar-refractivity contribution in [2.45, 2.75) is 26.8 Å². The van der Waals surface area contributed by atoms with Crippen molar-refractivity contribution in [3.8, 4) is 5.75 Å². The van der Waals surface area contributed by atoms with E-state index in [4.69, 9.17) is 16.3 Å². The van der Waals surface area contributed by atoms with Crippen molar-refractivity contribution in [3.05, 3.63) is 28.8 Å². The summed E-state index contributed by atoms with van der Waals surface area (Å²) in [6, 6.07) is 6.09. The van der Waals surface area contributed by atoms with Crippen molar-refractivity contribution >= 4 is 23.4 Å². The predicted octanol–water partition coefficient (Wildman–Crippen LogP) is 4.39. The van der Waals surface area contributed by atoms with Gasteiger partial charge in [0.25, 0.3) is 0 Å². The highest BCUT2D eigenvalue weighted by Gasteiger charge is 2.16. The molecular weight excluding hydrogens is 278 g/mol. The Morgan fingerprint density at radius 1 is 1.32 bits per heavy atom. The molecule has 0 saturated heterocycles. The fourth-order valence-corrected chi connectivity index (χ4v) is 3.23. The molecule has 4 heteroatoms. The van der Waals surface area contributed by atoms with Gasteiger partial charge in [-0.15, -0.1) is 0 Å². The Balaban J connectivity index is 2.81. The lowest BCUT2D eigenvalue weighted by atomic mass is 10.1. The Hall–Kier alpha value is -0.380. The van der Waals surface area contributed by atoms with E-state index in [0.29, 0.717) is 5.92 Å². The Kier molecular flexibility index (Phi) is 7.66. The van der Waals surface area contributed by atoms with Gasteiger partial charge in [-0.2, -0.15) is 11.8 Å². The molecule has 0 radical (unpaired) electrons. The van der Waals surface area contributed by atoms with Crippen molar-refractivity contribution in [1.29, 1.82) is 0 Å². The van der Waals surface area contributed by atoms with Crippen molar-refractivity contribution in [3.63, 3.8) is 0 Å². The molecule has 0 aliphatic rings. The fraction of sp³-hybridized carbons (Fsp3) is 0.600. The second-order valence-electron chi connectivity index (χ2n) is 4.93. The van der Waals surface area contributed by atoms with Crippen LogP contribution in [0.1, 0.15) is 32.4 Å². The molecule has 0 aliphatic carbocycles. The molecule has 0 heterocycles. The third-order valence-corrected chi connectivity index (χ3v) is 4.46. The molecule has 0 spiro atoms. The minimum Gasteiger partial charge on any atom is -0.496 e. The normalized spacial score (nSPS) is 12.7. The summed E-state index contributed by atoms with van der Waals surface area (Å²) in [6.07, 6.45) is 0. The van der Waals surface area contributed by atoms with E-state index in [0.717, 1.165) is 28.6 Å². The number of hydrogen-bond donors (Lipinski definition) is 1. The fourth-order valence-electron chi connectivity index (χ4n) is 1.90. The first-order valence-corrected chi connectivity index (χ1v) is 8.26. The monoisotopic (exact) mass is 301 g/mol. The molecule has 0 amide bonds. The van der Waals surface area contributed by atoms with E-state index in [2.05, 4.69) is 26.1 Å². The molecule has 0 aliphatic heterocycles. The number of thioether (sulfide) groups is 1. The molecule has 1 aromatic carbocycles. The third kappa shape index (κ3) is 5.64. The summed E-state index contributed by atoms with van der Waals surface area (Å²) in [5.41, 5.74) is 1.15. The topological polar surface area (TPSA) is 21.3 Å². The van der Waals surface area contributed by atoms with Gasteiger partial charge < -0.3 is 10.1 Å². The first-order valence-electron chi connectivity index (χ1n) is 6.73. The number of benzene rings is 1.